The summed E-state index contributed by atoms with van der Waals surface area (Å²) in [7, 11) is 0. The van der Waals surface area contributed by atoms with Crippen molar-refractivity contribution in [1.82, 2.24) is 0 Å². The van der Waals surface area contributed by atoms with Gasteiger partial charge in [0.15, 0.2) is 4.32 Å². The third-order valence-electron chi connectivity index (χ3n) is 4.02. The molecule has 28 heavy (non-hydrogen) atoms. The maximum absolute atomic E-state index is 14.1. The van der Waals surface area contributed by atoms with Crippen LogP contribution >= 0.6 is 24.0 Å². The van der Waals surface area contributed by atoms with Crippen LogP contribution in [0.1, 0.15) is 5.56 Å². The van der Waals surface area contributed by atoms with Crippen LogP contribution in [-0.4, -0.2) is 10.2 Å². The van der Waals surface area contributed by atoms with E-state index in [-0.39, 0.29) is 11.6 Å². The van der Waals surface area contributed by atoms with Crippen molar-refractivity contribution >= 4 is 46.0 Å². The lowest BCUT2D eigenvalue weighted by atomic mass is 10.2. The number of rotatable bonds is 4. The molecular formula is C22H14FNO2S2. The zero-order valence-corrected chi connectivity index (χ0v) is 16.2. The number of carbonyl (C=O) groups is 1. The fourth-order valence-electron chi connectivity index (χ4n) is 2.75. The van der Waals surface area contributed by atoms with Crippen molar-refractivity contribution in [3.8, 4) is 11.5 Å². The Labute approximate surface area is 171 Å². The van der Waals surface area contributed by atoms with E-state index in [1.165, 1.54) is 17.0 Å². The lowest BCUT2D eigenvalue weighted by Crippen LogP contribution is -2.28. The lowest BCUT2D eigenvalue weighted by Gasteiger charge is -2.14. The molecule has 0 aliphatic carbocycles. The van der Waals surface area contributed by atoms with E-state index in [0.717, 1.165) is 23.1 Å². The van der Waals surface area contributed by atoms with Crippen LogP contribution in [0.2, 0.25) is 0 Å². The highest BCUT2D eigenvalue weighted by Crippen LogP contribution is 2.37. The van der Waals surface area contributed by atoms with E-state index in [4.69, 9.17) is 17.0 Å². The van der Waals surface area contributed by atoms with E-state index < -0.39 is 5.82 Å². The molecule has 6 heteroatoms. The molecule has 1 saturated heterocycles. The Morgan fingerprint density at radius 3 is 2.43 bits per heavy atom. The van der Waals surface area contributed by atoms with E-state index in [2.05, 4.69) is 0 Å². The smallest absolute Gasteiger partial charge is 0.270 e. The minimum Gasteiger partial charge on any atom is -0.457 e. The maximum Gasteiger partial charge on any atom is 0.270 e. The second-order valence-electron chi connectivity index (χ2n) is 5.96. The van der Waals surface area contributed by atoms with Gasteiger partial charge in [-0.2, -0.15) is 0 Å². The van der Waals surface area contributed by atoms with E-state index in [1.54, 1.807) is 18.2 Å². The van der Waals surface area contributed by atoms with Gasteiger partial charge >= 0.3 is 0 Å². The number of hydrogen-bond acceptors (Lipinski definition) is 4. The lowest BCUT2D eigenvalue weighted by molar-refractivity contribution is -0.113. The number of ether oxygens (including phenoxy) is 1. The van der Waals surface area contributed by atoms with Crippen LogP contribution in [0.15, 0.2) is 83.8 Å². The topological polar surface area (TPSA) is 29.5 Å². The molecule has 0 aromatic heterocycles. The van der Waals surface area contributed by atoms with Crippen molar-refractivity contribution in [3.05, 3.63) is 95.1 Å². The van der Waals surface area contributed by atoms with E-state index >= 15 is 0 Å². The Morgan fingerprint density at radius 1 is 0.929 bits per heavy atom. The second kappa shape index (κ2) is 7.96. The number of nitrogens with zero attached hydrogens (tertiary/aromatic N) is 1. The van der Waals surface area contributed by atoms with Crippen molar-refractivity contribution in [2.45, 2.75) is 0 Å². The van der Waals surface area contributed by atoms with Crippen molar-refractivity contribution in [2.75, 3.05) is 4.90 Å². The van der Waals surface area contributed by atoms with Gasteiger partial charge in [-0.3, -0.25) is 9.69 Å². The minimum absolute atomic E-state index is 0.162. The van der Waals surface area contributed by atoms with Crippen LogP contribution in [0.4, 0.5) is 10.1 Å². The van der Waals surface area contributed by atoms with Crippen LogP contribution < -0.4 is 9.64 Å². The Kier molecular flexibility index (Phi) is 5.23. The van der Waals surface area contributed by atoms with Gasteiger partial charge in [0.05, 0.1) is 10.6 Å². The molecule has 0 N–H and O–H groups in total. The van der Waals surface area contributed by atoms with Crippen LogP contribution in [0.3, 0.4) is 0 Å². The Balaban J connectivity index is 1.60. The number of amides is 1. The number of carbonyl (C=O) groups excluding carboxylic acids is 1. The van der Waals surface area contributed by atoms with Gasteiger partial charge in [0.1, 0.15) is 17.3 Å². The average Bonchev–Trinajstić information content (AvgIpc) is 2.97. The average molecular weight is 407 g/mol. The van der Waals surface area contributed by atoms with Crippen molar-refractivity contribution < 1.29 is 13.9 Å². The van der Waals surface area contributed by atoms with Gasteiger partial charge in [-0.1, -0.05) is 66.4 Å². The summed E-state index contributed by atoms with van der Waals surface area (Å²) in [6.07, 6.45) is 1.73. The normalized spacial score (nSPS) is 15.3. The number of anilines is 1. The van der Waals surface area contributed by atoms with E-state index in [0.29, 0.717) is 15.0 Å². The summed E-state index contributed by atoms with van der Waals surface area (Å²) >= 11 is 6.45. The van der Waals surface area contributed by atoms with Gasteiger partial charge < -0.3 is 4.74 Å². The summed E-state index contributed by atoms with van der Waals surface area (Å²) in [5.74, 6) is 0.558. The predicted molar refractivity (Wildman–Crippen MR) is 115 cm³/mol. The fraction of sp³-hybridized carbons (Fsp3) is 0. The van der Waals surface area contributed by atoms with Crippen molar-refractivity contribution in [3.63, 3.8) is 0 Å². The second-order valence-corrected chi connectivity index (χ2v) is 7.63. The zero-order chi connectivity index (χ0) is 19.5. The molecule has 0 saturated carbocycles. The first-order chi connectivity index (χ1) is 13.6. The van der Waals surface area contributed by atoms with Crippen LogP contribution in [0.5, 0.6) is 11.5 Å². The van der Waals surface area contributed by atoms with E-state index in [9.17, 15) is 9.18 Å². The highest BCUT2D eigenvalue weighted by atomic mass is 32.2. The van der Waals surface area contributed by atoms with Crippen LogP contribution in [0.25, 0.3) is 6.08 Å². The molecule has 1 amide bonds. The zero-order valence-electron chi connectivity index (χ0n) is 14.5. The summed E-state index contributed by atoms with van der Waals surface area (Å²) < 4.78 is 20.2. The molecule has 1 heterocycles. The number of para-hydroxylation sites is 2. The quantitative estimate of drug-likeness (QED) is 0.390. The van der Waals surface area contributed by atoms with Crippen molar-refractivity contribution in [1.29, 1.82) is 0 Å². The summed E-state index contributed by atoms with van der Waals surface area (Å²) in [5.41, 5.74) is 0.956. The Morgan fingerprint density at radius 2 is 1.64 bits per heavy atom. The third kappa shape index (κ3) is 3.83. The molecule has 0 radical (unpaired) electrons. The number of halogens is 1. The molecule has 138 valence electrons. The standard InChI is InChI=1S/C22H14FNO2S2/c23-18-11-4-5-12-19(18)24-21(25)20(28-22(24)27)14-15-7-6-10-17(13-15)26-16-8-2-1-3-9-16/h1-14H/b20-14-. The number of hydrogen-bond donors (Lipinski definition) is 0. The van der Waals surface area contributed by atoms with Gasteiger partial charge in [-0.15, -0.1) is 0 Å². The summed E-state index contributed by atoms with van der Waals surface area (Å²) in [6, 6.07) is 22.9. The highest BCUT2D eigenvalue weighted by Gasteiger charge is 2.34. The SMILES string of the molecule is O=C1/C(=C/c2cccc(Oc3ccccc3)c2)SC(=S)N1c1ccccc1F. The molecule has 1 aliphatic rings. The Bertz CT molecular complexity index is 1080. The van der Waals surface area contributed by atoms with Gasteiger partial charge in [-0.05, 0) is 48.0 Å². The molecular weight excluding hydrogens is 393 g/mol. The maximum atomic E-state index is 14.1. The molecule has 0 spiro atoms. The van der Waals surface area contributed by atoms with Gasteiger partial charge in [0, 0.05) is 0 Å². The third-order valence-corrected chi connectivity index (χ3v) is 5.32. The first kappa shape index (κ1) is 18.4. The number of benzene rings is 3. The van der Waals surface area contributed by atoms with Crippen LogP contribution in [0, 0.1) is 5.82 Å². The summed E-state index contributed by atoms with van der Waals surface area (Å²) in [4.78, 5) is 14.5. The highest BCUT2D eigenvalue weighted by molar-refractivity contribution is 8.27. The first-order valence-electron chi connectivity index (χ1n) is 8.47. The number of thiocarbonyl (C=S) groups is 1. The summed E-state index contributed by atoms with van der Waals surface area (Å²) in [5, 5.41) is 0. The first-order valence-corrected chi connectivity index (χ1v) is 9.70. The van der Waals surface area contributed by atoms with Gasteiger partial charge in [-0.25, -0.2) is 4.39 Å². The Hall–Kier alpha value is -2.96. The largest absolute Gasteiger partial charge is 0.457 e. The molecule has 1 fully saturated rings. The molecule has 1 aliphatic heterocycles. The fourth-order valence-corrected chi connectivity index (χ4v) is 4.04. The van der Waals surface area contributed by atoms with Gasteiger partial charge in [0.2, 0.25) is 0 Å². The molecule has 0 atom stereocenters. The van der Waals surface area contributed by atoms with E-state index in [1.807, 2.05) is 54.6 Å². The minimum atomic E-state index is -0.488. The molecule has 0 unspecified atom stereocenters. The molecule has 4 rings (SSSR count). The molecule has 3 aromatic carbocycles. The monoisotopic (exact) mass is 407 g/mol. The van der Waals surface area contributed by atoms with Crippen molar-refractivity contribution in [2.24, 2.45) is 0 Å². The molecule has 0 bridgehead atoms. The number of thioether (sulfide) groups is 1. The predicted octanol–water partition coefficient (Wildman–Crippen LogP) is 6.02. The van der Waals surface area contributed by atoms with Gasteiger partial charge in [0.25, 0.3) is 5.91 Å². The van der Waals surface area contributed by atoms with Crippen LogP contribution in [-0.2, 0) is 4.79 Å². The molecule has 3 aromatic rings. The summed E-state index contributed by atoms with van der Waals surface area (Å²) in [6.45, 7) is 0. The molecule has 3 nitrogen and oxygen atoms in total.